The minimum atomic E-state index is 0.673. The SMILES string of the molecule is CCOc1cccnc1NCCN1CCCC1. The minimum Gasteiger partial charge on any atom is -0.490 e. The summed E-state index contributed by atoms with van der Waals surface area (Å²) in [6.07, 6.45) is 4.47. The zero-order chi connectivity index (χ0) is 11.9. The number of nitrogens with zero attached hydrogens (tertiary/aromatic N) is 2. The van der Waals surface area contributed by atoms with E-state index in [1.165, 1.54) is 25.9 Å². The lowest BCUT2D eigenvalue weighted by atomic mass is 10.4. The lowest BCUT2D eigenvalue weighted by Crippen LogP contribution is -2.26. The van der Waals surface area contributed by atoms with E-state index >= 15 is 0 Å². The van der Waals surface area contributed by atoms with E-state index in [1.54, 1.807) is 6.20 Å². The number of likely N-dealkylation sites (tertiary alicyclic amines) is 1. The zero-order valence-corrected chi connectivity index (χ0v) is 10.5. The highest BCUT2D eigenvalue weighted by Gasteiger charge is 2.11. The van der Waals surface area contributed by atoms with Gasteiger partial charge in [0, 0.05) is 19.3 Å². The number of pyridine rings is 1. The molecule has 0 atom stereocenters. The van der Waals surface area contributed by atoms with Gasteiger partial charge >= 0.3 is 0 Å². The summed E-state index contributed by atoms with van der Waals surface area (Å²) in [5.41, 5.74) is 0. The van der Waals surface area contributed by atoms with Gasteiger partial charge in [-0.05, 0) is 45.0 Å². The third-order valence-electron chi connectivity index (χ3n) is 2.99. The van der Waals surface area contributed by atoms with Gasteiger partial charge < -0.3 is 15.0 Å². The maximum atomic E-state index is 5.52. The Morgan fingerprint density at radius 3 is 3.00 bits per heavy atom. The largest absolute Gasteiger partial charge is 0.490 e. The molecule has 0 radical (unpaired) electrons. The number of nitrogens with one attached hydrogen (secondary N) is 1. The van der Waals surface area contributed by atoms with E-state index in [-0.39, 0.29) is 0 Å². The van der Waals surface area contributed by atoms with E-state index in [1.807, 2.05) is 19.1 Å². The molecule has 1 aliphatic rings. The first-order chi connectivity index (χ1) is 8.40. The highest BCUT2D eigenvalue weighted by atomic mass is 16.5. The Labute approximate surface area is 103 Å². The quantitative estimate of drug-likeness (QED) is 0.818. The first-order valence-electron chi connectivity index (χ1n) is 6.44. The average molecular weight is 235 g/mol. The van der Waals surface area contributed by atoms with Crippen LogP contribution in [0.5, 0.6) is 5.75 Å². The first-order valence-corrected chi connectivity index (χ1v) is 6.44. The van der Waals surface area contributed by atoms with Gasteiger partial charge in [-0.15, -0.1) is 0 Å². The fourth-order valence-corrected chi connectivity index (χ4v) is 2.13. The van der Waals surface area contributed by atoms with Crippen LogP contribution in [0.25, 0.3) is 0 Å². The Morgan fingerprint density at radius 2 is 2.24 bits per heavy atom. The molecule has 0 aliphatic carbocycles. The molecule has 0 saturated carbocycles. The number of rotatable bonds is 6. The van der Waals surface area contributed by atoms with E-state index in [2.05, 4.69) is 15.2 Å². The highest BCUT2D eigenvalue weighted by Crippen LogP contribution is 2.20. The van der Waals surface area contributed by atoms with E-state index in [0.717, 1.165) is 24.7 Å². The summed E-state index contributed by atoms with van der Waals surface area (Å²) >= 11 is 0. The molecule has 1 aromatic rings. The van der Waals surface area contributed by atoms with Crippen LogP contribution in [0.15, 0.2) is 18.3 Å². The molecule has 2 rings (SSSR count). The molecule has 0 amide bonds. The van der Waals surface area contributed by atoms with Crippen LogP contribution in [0.3, 0.4) is 0 Å². The van der Waals surface area contributed by atoms with Crippen molar-refractivity contribution in [3.05, 3.63) is 18.3 Å². The van der Waals surface area contributed by atoms with E-state index < -0.39 is 0 Å². The van der Waals surface area contributed by atoms with Gasteiger partial charge in [0.25, 0.3) is 0 Å². The summed E-state index contributed by atoms with van der Waals surface area (Å²) in [4.78, 5) is 6.79. The van der Waals surface area contributed by atoms with Crippen molar-refractivity contribution in [1.29, 1.82) is 0 Å². The van der Waals surface area contributed by atoms with Gasteiger partial charge in [-0.2, -0.15) is 0 Å². The van der Waals surface area contributed by atoms with Gasteiger partial charge in [0.15, 0.2) is 11.6 Å². The summed E-state index contributed by atoms with van der Waals surface area (Å²) in [6, 6.07) is 3.85. The molecule has 0 bridgehead atoms. The molecular weight excluding hydrogens is 214 g/mol. The van der Waals surface area contributed by atoms with Crippen molar-refractivity contribution in [3.63, 3.8) is 0 Å². The molecule has 0 unspecified atom stereocenters. The molecule has 1 N–H and O–H groups in total. The molecule has 1 aliphatic heterocycles. The molecule has 94 valence electrons. The topological polar surface area (TPSA) is 37.4 Å². The second kappa shape index (κ2) is 6.45. The van der Waals surface area contributed by atoms with Crippen molar-refractivity contribution in [2.75, 3.05) is 38.1 Å². The molecule has 1 aromatic heterocycles. The summed E-state index contributed by atoms with van der Waals surface area (Å²) in [6.45, 7) is 7.15. The van der Waals surface area contributed by atoms with Crippen LogP contribution in [0.2, 0.25) is 0 Å². The van der Waals surface area contributed by atoms with Gasteiger partial charge in [-0.3, -0.25) is 0 Å². The molecular formula is C13H21N3O. The third-order valence-corrected chi connectivity index (χ3v) is 2.99. The van der Waals surface area contributed by atoms with Crippen molar-refractivity contribution in [1.82, 2.24) is 9.88 Å². The van der Waals surface area contributed by atoms with E-state index in [0.29, 0.717) is 6.61 Å². The Kier molecular flexibility index (Phi) is 4.62. The maximum Gasteiger partial charge on any atom is 0.168 e. The second-order valence-corrected chi connectivity index (χ2v) is 4.26. The summed E-state index contributed by atoms with van der Waals surface area (Å²) < 4.78 is 5.52. The number of ether oxygens (including phenoxy) is 1. The smallest absolute Gasteiger partial charge is 0.168 e. The monoisotopic (exact) mass is 235 g/mol. The van der Waals surface area contributed by atoms with Crippen LogP contribution < -0.4 is 10.1 Å². The van der Waals surface area contributed by atoms with Gasteiger partial charge in [0.05, 0.1) is 6.61 Å². The molecule has 4 heteroatoms. The predicted molar refractivity (Wildman–Crippen MR) is 69.6 cm³/mol. The van der Waals surface area contributed by atoms with Crippen molar-refractivity contribution in [2.24, 2.45) is 0 Å². The van der Waals surface area contributed by atoms with Gasteiger partial charge in [0.2, 0.25) is 0 Å². The molecule has 0 aromatic carbocycles. The zero-order valence-electron chi connectivity index (χ0n) is 10.5. The number of hydrogen-bond acceptors (Lipinski definition) is 4. The molecule has 17 heavy (non-hydrogen) atoms. The van der Waals surface area contributed by atoms with Gasteiger partial charge in [0.1, 0.15) is 0 Å². The van der Waals surface area contributed by atoms with Crippen molar-refractivity contribution >= 4 is 5.82 Å². The highest BCUT2D eigenvalue weighted by molar-refractivity contribution is 5.49. The maximum absolute atomic E-state index is 5.52. The molecule has 1 saturated heterocycles. The second-order valence-electron chi connectivity index (χ2n) is 4.26. The van der Waals surface area contributed by atoms with E-state index in [9.17, 15) is 0 Å². The lowest BCUT2D eigenvalue weighted by molar-refractivity contribution is 0.338. The average Bonchev–Trinajstić information content (AvgIpc) is 2.85. The van der Waals surface area contributed by atoms with Crippen LogP contribution in [-0.4, -0.2) is 42.7 Å². The summed E-state index contributed by atoms with van der Waals surface area (Å²) in [5.74, 6) is 1.70. The fourth-order valence-electron chi connectivity index (χ4n) is 2.13. The standard InChI is InChI=1S/C13H21N3O/c1-2-17-12-6-5-7-14-13(12)15-8-11-16-9-3-4-10-16/h5-7H,2-4,8-11H2,1H3,(H,14,15). The van der Waals surface area contributed by atoms with Gasteiger partial charge in [-0.1, -0.05) is 0 Å². The van der Waals surface area contributed by atoms with Crippen molar-refractivity contribution in [3.8, 4) is 5.75 Å². The van der Waals surface area contributed by atoms with Crippen LogP contribution in [0.1, 0.15) is 19.8 Å². The van der Waals surface area contributed by atoms with Crippen LogP contribution in [-0.2, 0) is 0 Å². The predicted octanol–water partition coefficient (Wildman–Crippen LogP) is 1.99. The van der Waals surface area contributed by atoms with Crippen molar-refractivity contribution < 1.29 is 4.74 Å². The molecule has 0 spiro atoms. The minimum absolute atomic E-state index is 0.673. The number of hydrogen-bond donors (Lipinski definition) is 1. The van der Waals surface area contributed by atoms with Gasteiger partial charge in [-0.25, -0.2) is 4.98 Å². The summed E-state index contributed by atoms with van der Waals surface area (Å²) in [7, 11) is 0. The first kappa shape index (κ1) is 12.2. The van der Waals surface area contributed by atoms with E-state index in [4.69, 9.17) is 4.74 Å². The number of aromatic nitrogens is 1. The fraction of sp³-hybridized carbons (Fsp3) is 0.615. The Morgan fingerprint density at radius 1 is 1.41 bits per heavy atom. The van der Waals surface area contributed by atoms with Crippen LogP contribution in [0, 0.1) is 0 Å². The number of anilines is 1. The lowest BCUT2D eigenvalue weighted by Gasteiger charge is -2.16. The Hall–Kier alpha value is -1.29. The Bertz CT molecular complexity index is 337. The molecule has 1 fully saturated rings. The van der Waals surface area contributed by atoms with Crippen LogP contribution >= 0.6 is 0 Å². The molecule has 4 nitrogen and oxygen atoms in total. The third kappa shape index (κ3) is 3.60. The summed E-state index contributed by atoms with van der Waals surface area (Å²) in [5, 5.41) is 3.35. The normalized spacial score (nSPS) is 16.1. The Balaban J connectivity index is 1.80. The van der Waals surface area contributed by atoms with Crippen LogP contribution in [0.4, 0.5) is 5.82 Å². The molecule has 2 heterocycles. The van der Waals surface area contributed by atoms with Crippen molar-refractivity contribution in [2.45, 2.75) is 19.8 Å².